The monoisotopic (exact) mass is 327 g/mol. The molecule has 3 rings (SSSR count). The van der Waals surface area contributed by atoms with Gasteiger partial charge in [0.25, 0.3) is 5.91 Å². The molecule has 0 radical (unpaired) electrons. The highest BCUT2D eigenvalue weighted by atomic mass is 35.5. The molecule has 2 heterocycles. The molecule has 23 heavy (non-hydrogen) atoms. The molecule has 0 spiro atoms. The average Bonchev–Trinajstić information content (AvgIpc) is 2.88. The smallest absolute Gasteiger partial charge is 0.274 e. The molecule has 0 fully saturated rings. The van der Waals surface area contributed by atoms with Crippen molar-refractivity contribution in [3.05, 3.63) is 64.1 Å². The molecule has 3 aromatic rings. The Morgan fingerprint density at radius 3 is 2.78 bits per heavy atom. The van der Waals surface area contributed by atoms with Gasteiger partial charge in [-0.05, 0) is 49.6 Å². The molecule has 0 saturated heterocycles. The first-order valence-corrected chi connectivity index (χ1v) is 7.92. The molecule has 5 heteroatoms. The van der Waals surface area contributed by atoms with Crippen LogP contribution in [0, 0.1) is 13.8 Å². The third-order valence-corrected chi connectivity index (χ3v) is 4.07. The molecule has 0 aliphatic heterocycles. The van der Waals surface area contributed by atoms with Gasteiger partial charge in [-0.1, -0.05) is 30.7 Å². The zero-order valence-electron chi connectivity index (χ0n) is 13.4. The fourth-order valence-electron chi connectivity index (χ4n) is 2.61. The van der Waals surface area contributed by atoms with Crippen LogP contribution in [0.15, 0.2) is 36.5 Å². The fraction of sp³-hybridized carbons (Fsp3) is 0.222. The summed E-state index contributed by atoms with van der Waals surface area (Å²) in [5.41, 5.74) is 4.95. The van der Waals surface area contributed by atoms with E-state index >= 15 is 0 Å². The maximum Gasteiger partial charge on any atom is 0.274 e. The van der Waals surface area contributed by atoms with E-state index in [4.69, 9.17) is 11.6 Å². The lowest BCUT2D eigenvalue weighted by atomic mass is 10.1. The second-order valence-electron chi connectivity index (χ2n) is 5.61. The number of aryl methyl sites for hydroxylation is 3. The Hall–Kier alpha value is -2.33. The predicted molar refractivity (Wildman–Crippen MR) is 93.4 cm³/mol. The number of hydrogen-bond acceptors (Lipinski definition) is 2. The lowest BCUT2D eigenvalue weighted by molar-refractivity contribution is 0.102. The van der Waals surface area contributed by atoms with E-state index in [0.717, 1.165) is 28.2 Å². The van der Waals surface area contributed by atoms with Crippen LogP contribution in [0.3, 0.4) is 0 Å². The molecule has 0 saturated carbocycles. The molecule has 0 atom stereocenters. The summed E-state index contributed by atoms with van der Waals surface area (Å²) >= 11 is 6.07. The highest BCUT2D eigenvalue weighted by Crippen LogP contribution is 2.21. The summed E-state index contributed by atoms with van der Waals surface area (Å²) in [5.74, 6) is -0.176. The van der Waals surface area contributed by atoms with Gasteiger partial charge in [0.2, 0.25) is 0 Å². The third-order valence-electron chi connectivity index (χ3n) is 3.85. The van der Waals surface area contributed by atoms with Crippen LogP contribution >= 0.6 is 11.6 Å². The van der Waals surface area contributed by atoms with Crippen LogP contribution in [0.25, 0.3) is 5.65 Å². The first kappa shape index (κ1) is 15.6. The summed E-state index contributed by atoms with van der Waals surface area (Å²) in [5, 5.41) is 3.56. The van der Waals surface area contributed by atoms with Gasteiger partial charge in [0.05, 0.1) is 10.7 Å². The Kier molecular flexibility index (Phi) is 4.09. The van der Waals surface area contributed by atoms with Gasteiger partial charge in [0.1, 0.15) is 11.3 Å². The van der Waals surface area contributed by atoms with Crippen LogP contribution in [0.2, 0.25) is 5.02 Å². The molecule has 0 aliphatic rings. The van der Waals surface area contributed by atoms with E-state index in [1.807, 2.05) is 45.0 Å². The minimum absolute atomic E-state index is 0.176. The molecule has 1 N–H and O–H groups in total. The van der Waals surface area contributed by atoms with Crippen molar-refractivity contribution in [2.24, 2.45) is 0 Å². The Morgan fingerprint density at radius 1 is 1.26 bits per heavy atom. The first-order chi connectivity index (χ1) is 11.0. The van der Waals surface area contributed by atoms with Gasteiger partial charge >= 0.3 is 0 Å². The molecule has 0 unspecified atom stereocenters. The van der Waals surface area contributed by atoms with E-state index in [2.05, 4.69) is 10.3 Å². The molecule has 2 aromatic heterocycles. The van der Waals surface area contributed by atoms with Crippen molar-refractivity contribution >= 4 is 28.8 Å². The summed E-state index contributed by atoms with van der Waals surface area (Å²) in [7, 11) is 0. The standard InChI is InChI=1S/C18H18ClN3O/c1-4-14-17(22-10-13(19)7-8-16(22)20-14)18(23)21-15-9-11(2)5-6-12(15)3/h5-10H,4H2,1-3H3,(H,21,23). The summed E-state index contributed by atoms with van der Waals surface area (Å²) in [6, 6.07) is 9.58. The maximum atomic E-state index is 12.8. The van der Waals surface area contributed by atoms with E-state index in [0.29, 0.717) is 17.1 Å². The molecule has 0 bridgehead atoms. The summed E-state index contributed by atoms with van der Waals surface area (Å²) < 4.78 is 1.75. The van der Waals surface area contributed by atoms with Gasteiger partial charge < -0.3 is 5.32 Å². The number of nitrogens with zero attached hydrogens (tertiary/aromatic N) is 2. The number of pyridine rings is 1. The van der Waals surface area contributed by atoms with Gasteiger partial charge in [-0.2, -0.15) is 0 Å². The second-order valence-corrected chi connectivity index (χ2v) is 6.05. The van der Waals surface area contributed by atoms with Gasteiger partial charge in [-0.3, -0.25) is 9.20 Å². The number of hydrogen-bond donors (Lipinski definition) is 1. The minimum atomic E-state index is -0.176. The highest BCUT2D eigenvalue weighted by Gasteiger charge is 2.19. The quantitative estimate of drug-likeness (QED) is 0.774. The second kappa shape index (κ2) is 6.05. The average molecular weight is 328 g/mol. The van der Waals surface area contributed by atoms with Gasteiger partial charge in [0, 0.05) is 11.9 Å². The van der Waals surface area contributed by atoms with Crippen LogP contribution in [-0.2, 0) is 6.42 Å². The number of amides is 1. The maximum absolute atomic E-state index is 12.8. The van der Waals surface area contributed by atoms with Crippen LogP contribution in [-0.4, -0.2) is 15.3 Å². The Balaban J connectivity index is 2.06. The molecule has 1 aromatic carbocycles. The van der Waals surface area contributed by atoms with Crippen molar-refractivity contribution in [3.63, 3.8) is 0 Å². The SMILES string of the molecule is CCc1nc2ccc(Cl)cn2c1C(=O)Nc1cc(C)ccc1C. The van der Waals surface area contributed by atoms with Crippen LogP contribution < -0.4 is 5.32 Å². The normalized spacial score (nSPS) is 11.0. The van der Waals surface area contributed by atoms with Crippen molar-refractivity contribution in [2.45, 2.75) is 27.2 Å². The molecular formula is C18H18ClN3O. The predicted octanol–water partition coefficient (Wildman–Crippen LogP) is 4.42. The summed E-state index contributed by atoms with van der Waals surface area (Å²) in [6.07, 6.45) is 2.40. The van der Waals surface area contributed by atoms with Crippen molar-refractivity contribution in [1.29, 1.82) is 0 Å². The van der Waals surface area contributed by atoms with Crippen LogP contribution in [0.5, 0.6) is 0 Å². The van der Waals surface area contributed by atoms with E-state index in [-0.39, 0.29) is 5.91 Å². The Morgan fingerprint density at radius 2 is 2.04 bits per heavy atom. The van der Waals surface area contributed by atoms with E-state index in [9.17, 15) is 4.79 Å². The van der Waals surface area contributed by atoms with E-state index < -0.39 is 0 Å². The third kappa shape index (κ3) is 2.94. The zero-order valence-corrected chi connectivity index (χ0v) is 14.1. The number of benzene rings is 1. The number of aromatic nitrogens is 2. The highest BCUT2D eigenvalue weighted by molar-refractivity contribution is 6.30. The molecular weight excluding hydrogens is 310 g/mol. The lowest BCUT2D eigenvalue weighted by Crippen LogP contribution is -2.17. The number of fused-ring (bicyclic) bond motifs is 1. The zero-order chi connectivity index (χ0) is 16.6. The Labute approximate surface area is 140 Å². The molecule has 118 valence electrons. The number of halogens is 1. The molecule has 1 amide bonds. The van der Waals surface area contributed by atoms with Gasteiger partial charge in [-0.25, -0.2) is 4.98 Å². The lowest BCUT2D eigenvalue weighted by Gasteiger charge is -2.10. The molecule has 0 aliphatic carbocycles. The topological polar surface area (TPSA) is 46.4 Å². The first-order valence-electron chi connectivity index (χ1n) is 7.54. The number of imidazole rings is 1. The van der Waals surface area contributed by atoms with Crippen molar-refractivity contribution in [3.8, 4) is 0 Å². The number of carbonyl (C=O) groups is 1. The van der Waals surface area contributed by atoms with E-state index in [1.165, 1.54) is 0 Å². The van der Waals surface area contributed by atoms with Crippen LogP contribution in [0.1, 0.15) is 34.2 Å². The largest absolute Gasteiger partial charge is 0.320 e. The van der Waals surface area contributed by atoms with E-state index in [1.54, 1.807) is 16.7 Å². The number of anilines is 1. The van der Waals surface area contributed by atoms with Gasteiger partial charge in [0.15, 0.2) is 0 Å². The van der Waals surface area contributed by atoms with Crippen molar-refractivity contribution < 1.29 is 4.79 Å². The number of rotatable bonds is 3. The van der Waals surface area contributed by atoms with Crippen molar-refractivity contribution in [1.82, 2.24) is 9.38 Å². The summed E-state index contributed by atoms with van der Waals surface area (Å²) in [4.78, 5) is 17.3. The van der Waals surface area contributed by atoms with Gasteiger partial charge in [-0.15, -0.1) is 0 Å². The number of nitrogens with one attached hydrogen (secondary N) is 1. The molecule has 4 nitrogen and oxygen atoms in total. The van der Waals surface area contributed by atoms with Crippen molar-refractivity contribution in [2.75, 3.05) is 5.32 Å². The number of carbonyl (C=O) groups excluding carboxylic acids is 1. The van der Waals surface area contributed by atoms with Crippen LogP contribution in [0.4, 0.5) is 5.69 Å². The summed E-state index contributed by atoms with van der Waals surface area (Å²) in [6.45, 7) is 5.96. The fourth-order valence-corrected chi connectivity index (χ4v) is 2.77. The minimum Gasteiger partial charge on any atom is -0.320 e. The Bertz CT molecular complexity index is 899.